The van der Waals surface area contributed by atoms with Gasteiger partial charge in [-0.2, -0.15) is 0 Å². The van der Waals surface area contributed by atoms with Crippen molar-refractivity contribution >= 4 is 51.7 Å². The second-order valence-corrected chi connectivity index (χ2v) is 11.6. The number of ether oxygens (including phenoxy) is 1. The number of anilines is 1. The summed E-state index contributed by atoms with van der Waals surface area (Å²) in [7, 11) is -1.50. The summed E-state index contributed by atoms with van der Waals surface area (Å²) in [6, 6.07) is 17.2. The number of methoxy groups -OCH3 is 1. The van der Waals surface area contributed by atoms with Crippen LogP contribution in [0.3, 0.4) is 0 Å². The van der Waals surface area contributed by atoms with Gasteiger partial charge >= 0.3 is 6.09 Å². The Morgan fingerprint density at radius 2 is 1.72 bits per heavy atom. The van der Waals surface area contributed by atoms with Crippen LogP contribution < -0.4 is 20.7 Å². The van der Waals surface area contributed by atoms with Crippen LogP contribution in [-0.4, -0.2) is 39.6 Å². The van der Waals surface area contributed by atoms with Crippen molar-refractivity contribution in [2.24, 2.45) is 0 Å². The molecule has 9 nitrogen and oxygen atoms in total. The van der Waals surface area contributed by atoms with E-state index in [1.54, 1.807) is 35.2 Å². The molecule has 1 aromatic heterocycles. The van der Waals surface area contributed by atoms with Crippen molar-refractivity contribution < 1.29 is 22.7 Å². The Morgan fingerprint density at radius 3 is 2.36 bits per heavy atom. The Labute approximate surface area is 237 Å². The first kappa shape index (κ1) is 28.5. The zero-order valence-electron chi connectivity index (χ0n) is 21.4. The molecule has 2 heterocycles. The van der Waals surface area contributed by atoms with E-state index < -0.39 is 29.1 Å². The van der Waals surface area contributed by atoms with Gasteiger partial charge in [0.25, 0.3) is 0 Å². The van der Waals surface area contributed by atoms with Gasteiger partial charge in [0.05, 0.1) is 13.2 Å². The number of carbonyl (C=O) groups is 2. The average molecular weight is 587 g/mol. The molecule has 1 aliphatic rings. The van der Waals surface area contributed by atoms with Crippen molar-refractivity contribution in [3.8, 4) is 0 Å². The predicted molar refractivity (Wildman–Crippen MR) is 156 cm³/mol. The number of carbonyl (C=O) groups excluding carboxylic acids is 2. The first-order valence-corrected chi connectivity index (χ1v) is 15.2. The molecule has 0 saturated carbocycles. The molecule has 4 N–H and O–H groups in total. The lowest BCUT2D eigenvalue weighted by Gasteiger charge is -2.25. The van der Waals surface area contributed by atoms with Crippen LogP contribution in [0.5, 0.6) is 0 Å². The van der Waals surface area contributed by atoms with Gasteiger partial charge in [-0.25, -0.2) is 13.2 Å². The fraction of sp³-hybridized carbons (Fsp3) is 0.259. The molecule has 3 aromatic rings. The Hall–Kier alpha value is -3.48. The Morgan fingerprint density at radius 1 is 1.00 bits per heavy atom. The Bertz CT molecular complexity index is 1380. The third kappa shape index (κ3) is 8.01. The molecule has 0 saturated heterocycles. The SMILES string of the molecule is COC(=O)N[C@@H](Cc1ccccc1)C(=O)N[C@@H](Cc1ccc(N[SH](=O)=O)cc1)C1=CSC(c2sccc2C)N1. The van der Waals surface area contributed by atoms with Crippen molar-refractivity contribution in [1.82, 2.24) is 16.0 Å². The molecular formula is C27H30N4O5S3. The highest BCUT2D eigenvalue weighted by molar-refractivity contribution is 8.02. The summed E-state index contributed by atoms with van der Waals surface area (Å²) in [6.07, 6.45) is 0.0476. The number of rotatable bonds is 11. The predicted octanol–water partition coefficient (Wildman–Crippen LogP) is 3.87. The number of benzene rings is 2. The second kappa shape index (κ2) is 13.5. The first-order chi connectivity index (χ1) is 18.8. The number of thiol groups is 1. The van der Waals surface area contributed by atoms with E-state index in [0.717, 1.165) is 16.8 Å². The lowest BCUT2D eigenvalue weighted by molar-refractivity contribution is -0.123. The van der Waals surface area contributed by atoms with Gasteiger partial charge in [-0.05, 0) is 59.0 Å². The standard InChI is InChI=1S/C27H30N4O5S3/c1-17-12-13-37-24(17)26-29-23(16-38-26)21(14-19-8-10-20(11-9-19)31-39(34)35)28-25(32)22(30-27(33)36-2)15-18-6-4-3-5-7-18/h3-13,16,21-22,26,29,39H,14-15H2,1-2H3,(H,28,32)(H,30,33)(H,31,34,35)/t21-,22-,26?/m0/s1. The van der Waals surface area contributed by atoms with Crippen molar-refractivity contribution in [1.29, 1.82) is 0 Å². The summed E-state index contributed by atoms with van der Waals surface area (Å²) in [5.74, 6) is -0.348. The molecule has 1 unspecified atom stereocenters. The van der Waals surface area contributed by atoms with Gasteiger partial charge < -0.3 is 20.7 Å². The summed E-state index contributed by atoms with van der Waals surface area (Å²) in [4.78, 5) is 26.9. The topological polar surface area (TPSA) is 126 Å². The first-order valence-electron chi connectivity index (χ1n) is 12.2. The van der Waals surface area contributed by atoms with E-state index in [0.29, 0.717) is 18.5 Å². The van der Waals surface area contributed by atoms with Crippen LogP contribution in [0.1, 0.15) is 26.9 Å². The highest BCUT2D eigenvalue weighted by Gasteiger charge is 2.30. The number of hydrogen-bond donors (Lipinski definition) is 5. The minimum atomic E-state index is -2.76. The number of hydrogen-bond acceptors (Lipinski definition) is 8. The number of thioether (sulfide) groups is 1. The van der Waals surface area contributed by atoms with E-state index in [-0.39, 0.29) is 11.3 Å². The van der Waals surface area contributed by atoms with Crippen LogP contribution in [0.4, 0.5) is 10.5 Å². The third-order valence-corrected chi connectivity index (χ3v) is 8.84. The largest absolute Gasteiger partial charge is 0.453 e. The van der Waals surface area contributed by atoms with Gasteiger partial charge in [0.2, 0.25) is 16.8 Å². The third-order valence-electron chi connectivity index (χ3n) is 6.15. The zero-order valence-corrected chi connectivity index (χ0v) is 23.9. The van der Waals surface area contributed by atoms with Crippen molar-refractivity contribution in [2.75, 3.05) is 11.8 Å². The minimum absolute atomic E-state index is 0.0349. The molecule has 12 heteroatoms. The fourth-order valence-electron chi connectivity index (χ4n) is 4.15. The lowest BCUT2D eigenvalue weighted by Crippen LogP contribution is -2.52. The van der Waals surface area contributed by atoms with E-state index in [9.17, 15) is 18.0 Å². The van der Waals surface area contributed by atoms with Crippen molar-refractivity contribution in [2.45, 2.75) is 37.2 Å². The van der Waals surface area contributed by atoms with Crippen LogP contribution in [0.15, 0.2) is 77.1 Å². The minimum Gasteiger partial charge on any atom is -0.453 e. The summed E-state index contributed by atoms with van der Waals surface area (Å²) in [5.41, 5.74) is 4.31. The maximum atomic E-state index is 13.6. The molecule has 2 amide bonds. The highest BCUT2D eigenvalue weighted by atomic mass is 32.2. The molecule has 0 bridgehead atoms. The molecule has 0 radical (unpaired) electrons. The van der Waals surface area contributed by atoms with E-state index >= 15 is 0 Å². The number of aryl methyl sites for hydroxylation is 1. The molecule has 0 fully saturated rings. The summed E-state index contributed by atoms with van der Waals surface area (Å²) in [6.45, 7) is 2.07. The van der Waals surface area contributed by atoms with Crippen molar-refractivity contribution in [3.63, 3.8) is 0 Å². The number of thiophene rings is 1. The van der Waals surface area contributed by atoms with Gasteiger partial charge in [-0.1, -0.05) is 42.5 Å². The van der Waals surface area contributed by atoms with Gasteiger partial charge in [0.1, 0.15) is 11.4 Å². The lowest BCUT2D eigenvalue weighted by atomic mass is 10.0. The summed E-state index contributed by atoms with van der Waals surface area (Å²) >= 11 is 3.32. The van der Waals surface area contributed by atoms with Gasteiger partial charge in [-0.15, -0.1) is 23.1 Å². The van der Waals surface area contributed by atoms with E-state index in [1.807, 2.05) is 47.9 Å². The average Bonchev–Trinajstić information content (AvgIpc) is 3.58. The van der Waals surface area contributed by atoms with Crippen LogP contribution in [0, 0.1) is 6.92 Å². The van der Waals surface area contributed by atoms with Gasteiger partial charge in [0.15, 0.2) is 0 Å². The molecule has 0 spiro atoms. The normalized spacial score (nSPS) is 16.1. The smallest absolute Gasteiger partial charge is 0.407 e. The van der Waals surface area contributed by atoms with Gasteiger partial charge in [-0.3, -0.25) is 9.52 Å². The maximum Gasteiger partial charge on any atom is 0.407 e. The molecule has 0 aliphatic carbocycles. The van der Waals surface area contributed by atoms with Crippen LogP contribution in [0.25, 0.3) is 0 Å². The molecule has 39 heavy (non-hydrogen) atoms. The molecular weight excluding hydrogens is 557 g/mol. The maximum absolute atomic E-state index is 13.6. The van der Waals surface area contributed by atoms with Crippen molar-refractivity contribution in [3.05, 3.63) is 98.7 Å². The Kier molecular flexibility index (Phi) is 9.90. The van der Waals surface area contributed by atoms with Crippen LogP contribution in [-0.2, 0) is 33.3 Å². The fourth-order valence-corrected chi connectivity index (χ4v) is 6.73. The highest BCUT2D eigenvalue weighted by Crippen LogP contribution is 2.39. The number of nitrogens with one attached hydrogen (secondary N) is 4. The quantitative estimate of drug-likeness (QED) is 0.216. The molecule has 206 valence electrons. The van der Waals surface area contributed by atoms with E-state index in [1.165, 1.54) is 17.6 Å². The molecule has 4 rings (SSSR count). The number of alkyl carbamates (subject to hydrolysis) is 1. The second-order valence-electron chi connectivity index (χ2n) is 8.91. The van der Waals surface area contributed by atoms with E-state index in [4.69, 9.17) is 4.74 Å². The molecule has 1 aliphatic heterocycles. The summed E-state index contributed by atoms with van der Waals surface area (Å²) in [5, 5.41) is 13.4. The van der Waals surface area contributed by atoms with Gasteiger partial charge in [0, 0.05) is 22.7 Å². The zero-order chi connectivity index (χ0) is 27.8. The molecule has 3 atom stereocenters. The van der Waals surface area contributed by atoms with E-state index in [2.05, 4.69) is 39.0 Å². The van der Waals surface area contributed by atoms with Crippen LogP contribution >= 0.6 is 23.1 Å². The van der Waals surface area contributed by atoms with Crippen LogP contribution in [0.2, 0.25) is 0 Å². The molecule has 2 aromatic carbocycles. The number of amides is 2. The Balaban J connectivity index is 1.55. The summed E-state index contributed by atoms with van der Waals surface area (Å²) < 4.78 is 29.1. The monoisotopic (exact) mass is 586 g/mol.